The molecule has 0 radical (unpaired) electrons. The fourth-order valence-corrected chi connectivity index (χ4v) is 0.492. The molecule has 0 aliphatic heterocycles. The van der Waals surface area contributed by atoms with Crippen molar-refractivity contribution in [3.8, 4) is 0 Å². The van der Waals surface area contributed by atoms with Gasteiger partial charge in [0.1, 0.15) is 13.2 Å². The molecule has 8 nitrogen and oxygen atoms in total. The van der Waals surface area contributed by atoms with Crippen LogP contribution in [0.2, 0.25) is 0 Å². The molecule has 0 saturated carbocycles. The van der Waals surface area contributed by atoms with E-state index < -0.39 is 11.8 Å². The molecule has 0 fully saturated rings. The topological polar surface area (TPSA) is 122 Å². The van der Waals surface area contributed by atoms with Crippen molar-refractivity contribution >= 4 is 11.8 Å². The van der Waals surface area contributed by atoms with Crippen molar-refractivity contribution in [3.05, 3.63) is 0 Å². The molecule has 0 aromatic rings. The quantitative estimate of drug-likeness (QED) is 0.319. The molecular weight excluding hydrogens is 196 g/mol. The first-order valence-electron chi connectivity index (χ1n) is 3.75. The van der Waals surface area contributed by atoms with Gasteiger partial charge in [0.15, 0.2) is 0 Å². The zero-order valence-electron chi connectivity index (χ0n) is 7.38. The van der Waals surface area contributed by atoms with E-state index in [1.165, 1.54) is 0 Å². The summed E-state index contributed by atoms with van der Waals surface area (Å²) in [5, 5.41) is 17.0. The van der Waals surface area contributed by atoms with Crippen molar-refractivity contribution in [2.45, 2.75) is 0 Å². The van der Waals surface area contributed by atoms with E-state index in [4.69, 9.17) is 10.2 Å². The highest BCUT2D eigenvalue weighted by Crippen LogP contribution is 1.93. The monoisotopic (exact) mass is 208 g/mol. The number of hydrogen-bond acceptors (Lipinski definition) is 6. The number of carbonyl (C=O) groups is 2. The second-order valence-corrected chi connectivity index (χ2v) is 2.04. The first-order valence-corrected chi connectivity index (χ1v) is 3.75. The van der Waals surface area contributed by atoms with E-state index in [1.807, 2.05) is 0 Å². The molecule has 8 heteroatoms. The summed E-state index contributed by atoms with van der Waals surface area (Å²) in [6, 6.07) is 0. The number of amides is 2. The number of rotatable bonds is 6. The molecule has 0 saturated heterocycles. The Morgan fingerprint density at radius 1 is 1.14 bits per heavy atom. The molecule has 0 aliphatic carbocycles. The van der Waals surface area contributed by atoms with Gasteiger partial charge in [-0.2, -0.15) is 0 Å². The lowest BCUT2D eigenvalue weighted by molar-refractivity contribution is -0.342. The molecule has 0 aliphatic rings. The molecule has 14 heavy (non-hydrogen) atoms. The number of primary amides is 1. The summed E-state index contributed by atoms with van der Waals surface area (Å²) in [6.07, 6.45) is 0. The third-order valence-electron chi connectivity index (χ3n) is 0.976. The van der Waals surface area contributed by atoms with Gasteiger partial charge in [-0.3, -0.25) is 9.59 Å². The number of aliphatic hydroxyl groups is 2. The minimum Gasteiger partial charge on any atom is -0.394 e. The van der Waals surface area contributed by atoms with Gasteiger partial charge in [0.05, 0.1) is 13.2 Å². The normalized spacial score (nSPS) is 9.86. The summed E-state index contributed by atoms with van der Waals surface area (Å²) in [5.41, 5.74) is 4.67. The van der Waals surface area contributed by atoms with Crippen LogP contribution in [0.4, 0.5) is 0 Å². The number of nitrogens with zero attached hydrogens (tertiary/aromatic N) is 1. The summed E-state index contributed by atoms with van der Waals surface area (Å²) in [7, 11) is 0. The third kappa shape index (κ3) is 4.72. The van der Waals surface area contributed by atoms with Gasteiger partial charge >= 0.3 is 11.8 Å². The van der Waals surface area contributed by atoms with Crippen LogP contribution in [0.5, 0.6) is 0 Å². The van der Waals surface area contributed by atoms with Crippen LogP contribution in [-0.2, 0) is 19.3 Å². The Labute approximate surface area is 79.7 Å². The van der Waals surface area contributed by atoms with E-state index in [2.05, 4.69) is 15.4 Å². The van der Waals surface area contributed by atoms with Gasteiger partial charge in [-0.1, -0.05) is 5.23 Å². The largest absolute Gasteiger partial charge is 0.394 e. The van der Waals surface area contributed by atoms with Gasteiger partial charge in [0.2, 0.25) is 0 Å². The van der Waals surface area contributed by atoms with Crippen molar-refractivity contribution in [1.82, 2.24) is 5.23 Å². The molecule has 4 N–H and O–H groups in total. The number of carbonyl (C=O) groups excluding carboxylic acids is 2. The van der Waals surface area contributed by atoms with E-state index in [0.717, 1.165) is 0 Å². The lowest BCUT2D eigenvalue weighted by Crippen LogP contribution is -2.41. The minimum absolute atomic E-state index is 0.231. The molecule has 2 amide bonds. The van der Waals surface area contributed by atoms with Crippen LogP contribution in [0.15, 0.2) is 0 Å². The van der Waals surface area contributed by atoms with Gasteiger partial charge < -0.3 is 15.9 Å². The molecule has 0 atom stereocenters. The average Bonchev–Trinajstić information content (AvgIpc) is 2.17. The van der Waals surface area contributed by atoms with Crippen molar-refractivity contribution in [2.24, 2.45) is 5.73 Å². The van der Waals surface area contributed by atoms with Crippen LogP contribution in [0.25, 0.3) is 0 Å². The van der Waals surface area contributed by atoms with Gasteiger partial charge in [0, 0.05) is 0 Å². The molecule has 0 aromatic heterocycles. The number of aliphatic hydroxyl groups excluding tert-OH is 2. The fourth-order valence-electron chi connectivity index (χ4n) is 0.492. The van der Waals surface area contributed by atoms with Crippen molar-refractivity contribution < 1.29 is 29.5 Å². The molecule has 82 valence electrons. The Balaban J connectivity index is 4.08. The maximum atomic E-state index is 10.9. The Bertz CT molecular complexity index is 189. The van der Waals surface area contributed by atoms with Gasteiger partial charge in [-0.05, 0) is 0 Å². The van der Waals surface area contributed by atoms with Crippen LogP contribution in [0.1, 0.15) is 0 Å². The number of hydrogen-bond donors (Lipinski definition) is 3. The highest BCUT2D eigenvalue weighted by molar-refractivity contribution is 6.33. The van der Waals surface area contributed by atoms with Gasteiger partial charge in [-0.15, -0.1) is 0 Å². The summed E-state index contributed by atoms with van der Waals surface area (Å²) in [5.74, 6) is -2.48. The molecule has 0 heterocycles. The highest BCUT2D eigenvalue weighted by Gasteiger charge is 2.21. The second kappa shape index (κ2) is 7.21. The zero-order valence-corrected chi connectivity index (χ0v) is 7.38. The Morgan fingerprint density at radius 2 is 1.57 bits per heavy atom. The molecule has 0 spiro atoms. The maximum absolute atomic E-state index is 10.9. The average molecular weight is 208 g/mol. The van der Waals surface area contributed by atoms with E-state index in [9.17, 15) is 9.59 Å². The van der Waals surface area contributed by atoms with Crippen LogP contribution in [0.3, 0.4) is 0 Å². The number of hydroxylamine groups is 2. The van der Waals surface area contributed by atoms with E-state index >= 15 is 0 Å². The van der Waals surface area contributed by atoms with E-state index in [0.29, 0.717) is 0 Å². The molecule has 0 rings (SSSR count). The van der Waals surface area contributed by atoms with E-state index in [-0.39, 0.29) is 31.7 Å². The first-order chi connectivity index (χ1) is 6.63. The third-order valence-corrected chi connectivity index (χ3v) is 0.976. The Kier molecular flexibility index (Phi) is 6.58. The summed E-state index contributed by atoms with van der Waals surface area (Å²) in [6.45, 7) is -1.18. The molecule has 0 aromatic carbocycles. The van der Waals surface area contributed by atoms with Gasteiger partial charge in [-0.25, -0.2) is 9.68 Å². The Hall–Kier alpha value is -1.22. The smallest absolute Gasteiger partial charge is 0.360 e. The van der Waals surface area contributed by atoms with Crippen LogP contribution >= 0.6 is 0 Å². The fraction of sp³-hybridized carbons (Fsp3) is 0.667. The van der Waals surface area contributed by atoms with Crippen LogP contribution in [0, 0.1) is 0 Å². The lowest BCUT2D eigenvalue weighted by Gasteiger charge is -2.17. The minimum atomic E-state index is -1.26. The summed E-state index contributed by atoms with van der Waals surface area (Å²) >= 11 is 0. The summed E-state index contributed by atoms with van der Waals surface area (Å²) in [4.78, 5) is 30.3. The predicted molar refractivity (Wildman–Crippen MR) is 42.1 cm³/mol. The van der Waals surface area contributed by atoms with Gasteiger partial charge in [0.25, 0.3) is 0 Å². The lowest BCUT2D eigenvalue weighted by atomic mass is 10.6. The van der Waals surface area contributed by atoms with Crippen LogP contribution in [-0.4, -0.2) is 53.7 Å². The SMILES string of the molecule is NC(=O)C(=O)N(OCCO)OCCO. The zero-order chi connectivity index (χ0) is 11.0. The predicted octanol–water partition coefficient (Wildman–Crippen LogP) is -2.85. The Morgan fingerprint density at radius 3 is 1.86 bits per heavy atom. The highest BCUT2D eigenvalue weighted by atomic mass is 17.0. The summed E-state index contributed by atoms with van der Waals surface area (Å²) < 4.78 is 0. The molecular formula is C6H12N2O6. The second-order valence-electron chi connectivity index (χ2n) is 2.04. The number of nitrogens with two attached hydrogens (primary N) is 1. The first kappa shape index (κ1) is 12.8. The van der Waals surface area contributed by atoms with Crippen molar-refractivity contribution in [2.75, 3.05) is 26.4 Å². The van der Waals surface area contributed by atoms with Crippen molar-refractivity contribution in [1.29, 1.82) is 0 Å². The van der Waals surface area contributed by atoms with Crippen LogP contribution < -0.4 is 5.73 Å². The standard InChI is InChI=1S/C6H12N2O6/c7-5(11)6(12)8(13-3-1-9)14-4-2-10/h9-10H,1-4H2,(H2,7,11). The molecule has 0 unspecified atom stereocenters. The van der Waals surface area contributed by atoms with E-state index in [1.54, 1.807) is 0 Å². The molecule has 0 bridgehead atoms. The van der Waals surface area contributed by atoms with Crippen molar-refractivity contribution in [3.63, 3.8) is 0 Å². The maximum Gasteiger partial charge on any atom is 0.360 e.